The van der Waals surface area contributed by atoms with Gasteiger partial charge in [-0.3, -0.25) is 9.69 Å². The Balaban J connectivity index is 2.13. The van der Waals surface area contributed by atoms with Gasteiger partial charge in [0.25, 0.3) is 5.91 Å². The predicted octanol–water partition coefficient (Wildman–Crippen LogP) is 5.38. The fourth-order valence-electron chi connectivity index (χ4n) is 1.97. The van der Waals surface area contributed by atoms with Gasteiger partial charge in [0.05, 0.1) is 15.0 Å². The highest BCUT2D eigenvalue weighted by atomic mass is 35.5. The van der Waals surface area contributed by atoms with Crippen LogP contribution in [0.25, 0.3) is 6.08 Å². The minimum absolute atomic E-state index is 0.0211. The first-order valence-electron chi connectivity index (χ1n) is 6.73. The Labute approximate surface area is 144 Å². The van der Waals surface area contributed by atoms with Crippen LogP contribution in [0.3, 0.4) is 0 Å². The van der Waals surface area contributed by atoms with Crippen LogP contribution in [0.5, 0.6) is 0 Å². The number of hydrogen-bond donors (Lipinski definition) is 0. The summed E-state index contributed by atoms with van der Waals surface area (Å²) in [6.45, 7) is 2.83. The van der Waals surface area contributed by atoms with E-state index in [1.165, 1.54) is 11.8 Å². The Morgan fingerprint density at radius 1 is 1.29 bits per heavy atom. The van der Waals surface area contributed by atoms with Gasteiger partial charge in [-0.15, -0.1) is 0 Å². The largest absolute Gasteiger partial charge is 0.293 e. The van der Waals surface area contributed by atoms with Gasteiger partial charge < -0.3 is 0 Å². The SMILES string of the molecule is CCCCCN1C(=O)/C(=C\c2ccc(Cl)c(Cl)c2)SC1=S. The lowest BCUT2D eigenvalue weighted by Gasteiger charge is -2.13. The van der Waals surface area contributed by atoms with Crippen LogP contribution < -0.4 is 0 Å². The highest BCUT2D eigenvalue weighted by Gasteiger charge is 2.31. The van der Waals surface area contributed by atoms with Crippen molar-refractivity contribution in [2.75, 3.05) is 6.54 Å². The quantitative estimate of drug-likeness (QED) is 0.399. The van der Waals surface area contributed by atoms with E-state index in [9.17, 15) is 4.79 Å². The first-order valence-corrected chi connectivity index (χ1v) is 8.71. The van der Waals surface area contributed by atoms with E-state index in [-0.39, 0.29) is 5.91 Å². The van der Waals surface area contributed by atoms with E-state index in [4.69, 9.17) is 35.4 Å². The summed E-state index contributed by atoms with van der Waals surface area (Å²) in [5.41, 5.74) is 0.846. The summed E-state index contributed by atoms with van der Waals surface area (Å²) in [6, 6.07) is 5.29. The van der Waals surface area contributed by atoms with Crippen molar-refractivity contribution in [3.63, 3.8) is 0 Å². The third kappa shape index (κ3) is 4.22. The topological polar surface area (TPSA) is 20.3 Å². The molecule has 1 aliphatic rings. The molecule has 0 N–H and O–H groups in total. The van der Waals surface area contributed by atoms with E-state index in [1.807, 2.05) is 6.07 Å². The highest BCUT2D eigenvalue weighted by Crippen LogP contribution is 2.33. The molecule has 112 valence electrons. The zero-order valence-electron chi connectivity index (χ0n) is 11.6. The molecule has 0 unspecified atom stereocenters. The van der Waals surface area contributed by atoms with Gasteiger partial charge in [-0.2, -0.15) is 0 Å². The first kappa shape index (κ1) is 16.8. The molecule has 1 aromatic carbocycles. The van der Waals surface area contributed by atoms with Crippen molar-refractivity contribution < 1.29 is 4.79 Å². The van der Waals surface area contributed by atoms with Gasteiger partial charge in [-0.25, -0.2) is 0 Å². The fourth-order valence-corrected chi connectivity index (χ4v) is 3.58. The lowest BCUT2D eigenvalue weighted by molar-refractivity contribution is -0.122. The van der Waals surface area contributed by atoms with Crippen LogP contribution in [0, 0.1) is 0 Å². The minimum Gasteiger partial charge on any atom is -0.293 e. The van der Waals surface area contributed by atoms with E-state index < -0.39 is 0 Å². The maximum absolute atomic E-state index is 12.4. The molecule has 1 aromatic rings. The number of thiocarbonyl (C=S) groups is 1. The number of carbonyl (C=O) groups is 1. The summed E-state index contributed by atoms with van der Waals surface area (Å²) in [4.78, 5) is 14.7. The molecule has 0 aliphatic carbocycles. The fraction of sp³-hybridized carbons (Fsp3) is 0.333. The summed E-state index contributed by atoms with van der Waals surface area (Å²) in [5, 5.41) is 0.977. The van der Waals surface area contributed by atoms with Gasteiger partial charge in [0, 0.05) is 6.54 Å². The summed E-state index contributed by atoms with van der Waals surface area (Å²) in [7, 11) is 0. The summed E-state index contributed by atoms with van der Waals surface area (Å²) in [5.74, 6) is -0.0211. The number of nitrogens with zero attached hydrogens (tertiary/aromatic N) is 1. The first-order chi connectivity index (χ1) is 10.0. The standard InChI is InChI=1S/C15H15Cl2NOS2/c1-2-3-4-7-18-14(19)13(21-15(18)20)9-10-5-6-11(16)12(17)8-10/h5-6,8-9H,2-4,7H2,1H3/b13-9+. The summed E-state index contributed by atoms with van der Waals surface area (Å²) >= 11 is 18.5. The van der Waals surface area contributed by atoms with E-state index in [0.717, 1.165) is 24.8 Å². The van der Waals surface area contributed by atoms with Crippen LogP contribution in [-0.4, -0.2) is 21.7 Å². The average molecular weight is 360 g/mol. The molecule has 0 atom stereocenters. The van der Waals surface area contributed by atoms with Gasteiger partial charge >= 0.3 is 0 Å². The second kappa shape index (κ2) is 7.63. The van der Waals surface area contributed by atoms with Crippen molar-refractivity contribution in [2.24, 2.45) is 0 Å². The molecule has 0 saturated carbocycles. The van der Waals surface area contributed by atoms with Gasteiger partial charge in [-0.05, 0) is 30.2 Å². The molecule has 0 bridgehead atoms. The van der Waals surface area contributed by atoms with E-state index in [0.29, 0.717) is 25.8 Å². The second-order valence-corrected chi connectivity index (χ2v) is 7.20. The number of rotatable bonds is 5. The Bertz CT molecular complexity index is 601. The van der Waals surface area contributed by atoms with Gasteiger partial charge in [0.1, 0.15) is 4.32 Å². The lowest BCUT2D eigenvalue weighted by atomic mass is 10.2. The van der Waals surface area contributed by atoms with Crippen LogP contribution in [0.2, 0.25) is 10.0 Å². The number of unbranched alkanes of at least 4 members (excludes halogenated alkanes) is 2. The van der Waals surface area contributed by atoms with Crippen molar-refractivity contribution in [1.82, 2.24) is 4.90 Å². The van der Waals surface area contributed by atoms with Crippen molar-refractivity contribution in [1.29, 1.82) is 0 Å². The van der Waals surface area contributed by atoms with E-state index >= 15 is 0 Å². The third-order valence-electron chi connectivity index (χ3n) is 3.10. The molecule has 2 nitrogen and oxygen atoms in total. The van der Waals surface area contributed by atoms with Crippen LogP contribution in [0.15, 0.2) is 23.1 Å². The number of thioether (sulfide) groups is 1. The Hall–Kier alpha value is -0.550. The molecule has 0 aromatic heterocycles. The number of hydrogen-bond acceptors (Lipinski definition) is 3. The number of halogens is 2. The Morgan fingerprint density at radius 3 is 2.71 bits per heavy atom. The molecule has 0 spiro atoms. The lowest BCUT2D eigenvalue weighted by Crippen LogP contribution is -2.28. The third-order valence-corrected chi connectivity index (χ3v) is 5.22. The van der Waals surface area contributed by atoms with E-state index in [2.05, 4.69) is 6.92 Å². The average Bonchev–Trinajstić information content (AvgIpc) is 2.70. The smallest absolute Gasteiger partial charge is 0.266 e. The normalized spacial score (nSPS) is 17.1. The summed E-state index contributed by atoms with van der Waals surface area (Å²) < 4.78 is 0.627. The molecule has 0 radical (unpaired) electrons. The maximum atomic E-state index is 12.4. The van der Waals surface area contributed by atoms with E-state index in [1.54, 1.807) is 23.1 Å². The van der Waals surface area contributed by atoms with Gasteiger partial charge in [-0.1, -0.05) is 73.0 Å². The molecule has 1 aliphatic heterocycles. The molecule has 1 saturated heterocycles. The van der Waals surface area contributed by atoms with Gasteiger partial charge in [0.15, 0.2) is 0 Å². The van der Waals surface area contributed by atoms with Crippen LogP contribution in [0.1, 0.15) is 31.7 Å². The Kier molecular flexibility index (Phi) is 6.11. The molecule has 6 heteroatoms. The van der Waals surface area contributed by atoms with Crippen molar-refractivity contribution in [3.05, 3.63) is 38.7 Å². The number of benzene rings is 1. The minimum atomic E-state index is -0.0211. The van der Waals surface area contributed by atoms with Crippen LogP contribution in [0.4, 0.5) is 0 Å². The molecular formula is C15H15Cl2NOS2. The highest BCUT2D eigenvalue weighted by molar-refractivity contribution is 8.26. The molecule has 1 heterocycles. The number of amides is 1. The molecule has 1 amide bonds. The maximum Gasteiger partial charge on any atom is 0.266 e. The van der Waals surface area contributed by atoms with Crippen LogP contribution >= 0.6 is 47.2 Å². The molecular weight excluding hydrogens is 345 g/mol. The second-order valence-electron chi connectivity index (χ2n) is 4.71. The van der Waals surface area contributed by atoms with Crippen molar-refractivity contribution in [3.8, 4) is 0 Å². The zero-order valence-corrected chi connectivity index (χ0v) is 14.7. The van der Waals surface area contributed by atoms with Crippen LogP contribution in [-0.2, 0) is 4.79 Å². The number of carbonyl (C=O) groups excluding carboxylic acids is 1. The monoisotopic (exact) mass is 359 g/mol. The predicted molar refractivity (Wildman–Crippen MR) is 95.9 cm³/mol. The molecule has 1 fully saturated rings. The molecule has 21 heavy (non-hydrogen) atoms. The van der Waals surface area contributed by atoms with Crippen molar-refractivity contribution in [2.45, 2.75) is 26.2 Å². The van der Waals surface area contributed by atoms with Gasteiger partial charge in [0.2, 0.25) is 0 Å². The van der Waals surface area contributed by atoms with Crippen molar-refractivity contribution >= 4 is 63.5 Å². The molecule has 2 rings (SSSR count). The summed E-state index contributed by atoms with van der Waals surface area (Å²) in [6.07, 6.45) is 5.00. The zero-order chi connectivity index (χ0) is 15.4. The Morgan fingerprint density at radius 2 is 2.05 bits per heavy atom.